The number of likely N-dealkylation sites (tertiary alicyclic amines) is 1. The van der Waals surface area contributed by atoms with E-state index in [-0.39, 0.29) is 18.1 Å². The number of hydrogen-bond acceptors (Lipinski definition) is 6. The third-order valence-electron chi connectivity index (χ3n) is 4.82. The lowest BCUT2D eigenvalue weighted by atomic mass is 10.1. The number of aromatic nitrogens is 2. The first-order chi connectivity index (χ1) is 13.1. The first-order valence-corrected chi connectivity index (χ1v) is 9.55. The van der Waals surface area contributed by atoms with Gasteiger partial charge in [-0.25, -0.2) is 0 Å². The van der Waals surface area contributed by atoms with Crippen LogP contribution in [0.25, 0.3) is 11.4 Å². The molecule has 1 saturated heterocycles. The number of hydrogen-bond donors (Lipinski definition) is 1. The Kier molecular flexibility index (Phi) is 6.58. The molecule has 0 bridgehead atoms. The van der Waals surface area contributed by atoms with Crippen molar-refractivity contribution in [2.75, 3.05) is 26.7 Å². The predicted molar refractivity (Wildman–Crippen MR) is 102 cm³/mol. The summed E-state index contributed by atoms with van der Waals surface area (Å²) in [4.78, 5) is 18.9. The Morgan fingerprint density at radius 2 is 2.19 bits per heavy atom. The number of nitrogens with one attached hydrogen (secondary N) is 1. The van der Waals surface area contributed by atoms with Crippen LogP contribution in [0.3, 0.4) is 0 Å². The average Bonchev–Trinajstić information content (AvgIpc) is 3.23. The maximum Gasteiger partial charge on any atom is 0.226 e. The van der Waals surface area contributed by atoms with E-state index in [1.54, 1.807) is 0 Å². The third kappa shape index (κ3) is 5.14. The van der Waals surface area contributed by atoms with Crippen molar-refractivity contribution < 1.29 is 14.1 Å². The fraction of sp³-hybridized carbons (Fsp3) is 0.550. The molecule has 1 aromatic heterocycles. The Morgan fingerprint density at radius 3 is 2.96 bits per heavy atom. The fourth-order valence-electron chi connectivity index (χ4n) is 3.45. The maximum atomic E-state index is 12.3. The van der Waals surface area contributed by atoms with Crippen LogP contribution in [0.2, 0.25) is 0 Å². The lowest BCUT2D eigenvalue weighted by Crippen LogP contribution is -2.43. The van der Waals surface area contributed by atoms with Gasteiger partial charge in [0.15, 0.2) is 0 Å². The summed E-state index contributed by atoms with van der Waals surface area (Å²) in [5, 5.41) is 7.15. The van der Waals surface area contributed by atoms with Crippen LogP contribution in [-0.2, 0) is 16.0 Å². The van der Waals surface area contributed by atoms with E-state index in [2.05, 4.69) is 20.4 Å². The molecule has 0 radical (unpaired) electrons. The number of benzene rings is 1. The van der Waals surface area contributed by atoms with E-state index in [0.29, 0.717) is 37.6 Å². The highest BCUT2D eigenvalue weighted by Gasteiger charge is 2.32. The SMILES string of the molecule is CCO[C@H]1CN(C)C[C@@H]1NC(=O)CCCc1nc(-c2ccccc2C)no1. The van der Waals surface area contributed by atoms with Crippen LogP contribution in [0.5, 0.6) is 0 Å². The van der Waals surface area contributed by atoms with Gasteiger partial charge in [-0.15, -0.1) is 0 Å². The summed E-state index contributed by atoms with van der Waals surface area (Å²) in [6.45, 7) is 6.33. The molecule has 27 heavy (non-hydrogen) atoms. The minimum absolute atomic E-state index is 0.0404. The maximum absolute atomic E-state index is 12.3. The van der Waals surface area contributed by atoms with Gasteiger partial charge >= 0.3 is 0 Å². The standard InChI is InChI=1S/C20H28N4O3/c1-4-26-17-13-24(3)12-16(17)21-18(25)10-7-11-19-22-20(23-27-19)15-9-6-5-8-14(15)2/h5-6,8-9,16-17H,4,7,10-13H2,1-3H3,(H,21,25)/t16-,17-/m0/s1. The van der Waals surface area contributed by atoms with Crippen LogP contribution in [0.1, 0.15) is 31.2 Å². The van der Waals surface area contributed by atoms with Gasteiger partial charge in [0.25, 0.3) is 0 Å². The van der Waals surface area contributed by atoms with Crippen molar-refractivity contribution in [2.24, 2.45) is 0 Å². The number of likely N-dealkylation sites (N-methyl/N-ethyl adjacent to an activating group) is 1. The van der Waals surface area contributed by atoms with Crippen LogP contribution >= 0.6 is 0 Å². The van der Waals surface area contributed by atoms with Crippen LogP contribution in [-0.4, -0.2) is 59.8 Å². The third-order valence-corrected chi connectivity index (χ3v) is 4.82. The lowest BCUT2D eigenvalue weighted by Gasteiger charge is -2.19. The Hall–Kier alpha value is -2.25. The summed E-state index contributed by atoms with van der Waals surface area (Å²) >= 11 is 0. The molecule has 2 atom stereocenters. The first-order valence-electron chi connectivity index (χ1n) is 9.55. The Bertz CT molecular complexity index is 761. The van der Waals surface area contributed by atoms with Gasteiger partial charge in [-0.1, -0.05) is 29.4 Å². The summed E-state index contributed by atoms with van der Waals surface area (Å²) in [5.41, 5.74) is 2.08. The van der Waals surface area contributed by atoms with Crippen molar-refractivity contribution in [3.05, 3.63) is 35.7 Å². The average molecular weight is 372 g/mol. The second-order valence-corrected chi connectivity index (χ2v) is 7.07. The second-order valence-electron chi connectivity index (χ2n) is 7.07. The largest absolute Gasteiger partial charge is 0.375 e. The number of ether oxygens (including phenoxy) is 1. The predicted octanol–water partition coefficient (Wildman–Crippen LogP) is 2.20. The molecule has 1 N–H and O–H groups in total. The van der Waals surface area contributed by atoms with Crippen molar-refractivity contribution in [2.45, 2.75) is 45.3 Å². The number of carbonyl (C=O) groups excluding carboxylic acids is 1. The summed E-state index contributed by atoms with van der Waals surface area (Å²) in [6.07, 6.45) is 1.76. The van der Waals surface area contributed by atoms with Crippen molar-refractivity contribution in [3.63, 3.8) is 0 Å². The van der Waals surface area contributed by atoms with Crippen LogP contribution in [0.4, 0.5) is 0 Å². The second kappa shape index (κ2) is 9.10. The molecule has 0 spiro atoms. The molecule has 0 saturated carbocycles. The zero-order valence-corrected chi connectivity index (χ0v) is 16.3. The van der Waals surface area contributed by atoms with Crippen molar-refractivity contribution >= 4 is 5.91 Å². The molecule has 3 rings (SSSR count). The molecule has 1 fully saturated rings. The van der Waals surface area contributed by atoms with E-state index in [1.807, 2.05) is 45.2 Å². The summed E-state index contributed by atoms with van der Waals surface area (Å²) < 4.78 is 11.1. The van der Waals surface area contributed by atoms with Crippen molar-refractivity contribution in [1.82, 2.24) is 20.4 Å². The normalized spacial score (nSPS) is 20.1. The Balaban J connectivity index is 1.46. The highest BCUT2D eigenvalue weighted by atomic mass is 16.5. The number of nitrogens with zero attached hydrogens (tertiary/aromatic N) is 3. The molecule has 146 valence electrons. The van der Waals surface area contributed by atoms with E-state index < -0.39 is 0 Å². The lowest BCUT2D eigenvalue weighted by molar-refractivity contribution is -0.122. The van der Waals surface area contributed by atoms with Gasteiger partial charge in [-0.05, 0) is 32.9 Å². The van der Waals surface area contributed by atoms with E-state index in [0.717, 1.165) is 24.2 Å². The molecule has 1 aliphatic rings. The van der Waals surface area contributed by atoms with Crippen molar-refractivity contribution in [3.8, 4) is 11.4 Å². The Morgan fingerprint density at radius 1 is 1.37 bits per heavy atom. The smallest absolute Gasteiger partial charge is 0.226 e. The first kappa shape index (κ1) is 19.5. The molecule has 7 heteroatoms. The van der Waals surface area contributed by atoms with Gasteiger partial charge in [0.05, 0.1) is 12.1 Å². The monoisotopic (exact) mass is 372 g/mol. The minimum Gasteiger partial charge on any atom is -0.375 e. The summed E-state index contributed by atoms with van der Waals surface area (Å²) in [5.74, 6) is 1.20. The number of amides is 1. The van der Waals surface area contributed by atoms with E-state index >= 15 is 0 Å². The molecule has 1 aromatic carbocycles. The fourth-order valence-corrected chi connectivity index (χ4v) is 3.45. The molecule has 1 aliphatic heterocycles. The van der Waals surface area contributed by atoms with Gasteiger partial charge in [0.2, 0.25) is 17.6 Å². The summed E-state index contributed by atoms with van der Waals surface area (Å²) in [6, 6.07) is 7.99. The molecule has 1 amide bonds. The van der Waals surface area contributed by atoms with Gasteiger partial charge in [-0.3, -0.25) is 4.79 Å². The Labute approximate surface area is 160 Å². The molecule has 7 nitrogen and oxygen atoms in total. The van der Waals surface area contributed by atoms with Gasteiger partial charge in [0.1, 0.15) is 0 Å². The van der Waals surface area contributed by atoms with Gasteiger partial charge in [0, 0.05) is 38.1 Å². The molecule has 2 aromatic rings. The zero-order chi connectivity index (χ0) is 19.2. The topological polar surface area (TPSA) is 80.5 Å². The van der Waals surface area contributed by atoms with E-state index in [9.17, 15) is 4.79 Å². The van der Waals surface area contributed by atoms with Crippen LogP contribution in [0, 0.1) is 6.92 Å². The van der Waals surface area contributed by atoms with E-state index in [1.165, 1.54) is 0 Å². The highest BCUT2D eigenvalue weighted by Crippen LogP contribution is 2.20. The summed E-state index contributed by atoms with van der Waals surface area (Å²) in [7, 11) is 2.04. The number of aryl methyl sites for hydroxylation is 2. The highest BCUT2D eigenvalue weighted by molar-refractivity contribution is 5.76. The number of carbonyl (C=O) groups is 1. The number of rotatable bonds is 8. The zero-order valence-electron chi connectivity index (χ0n) is 16.3. The molecule has 0 unspecified atom stereocenters. The van der Waals surface area contributed by atoms with Crippen molar-refractivity contribution in [1.29, 1.82) is 0 Å². The van der Waals surface area contributed by atoms with Gasteiger partial charge in [-0.2, -0.15) is 4.98 Å². The quantitative estimate of drug-likeness (QED) is 0.765. The molecule has 2 heterocycles. The minimum atomic E-state index is 0.0404. The van der Waals surface area contributed by atoms with Crippen LogP contribution in [0.15, 0.2) is 28.8 Å². The van der Waals surface area contributed by atoms with Gasteiger partial charge < -0.3 is 19.5 Å². The molecular formula is C20H28N4O3. The van der Waals surface area contributed by atoms with Crippen LogP contribution < -0.4 is 5.32 Å². The molecule has 0 aliphatic carbocycles. The van der Waals surface area contributed by atoms with E-state index in [4.69, 9.17) is 9.26 Å². The molecular weight excluding hydrogens is 344 g/mol.